The van der Waals surface area contributed by atoms with Gasteiger partial charge in [0.25, 0.3) is 0 Å². The Balaban J connectivity index is 1.95. The molecule has 3 rings (SSSR count). The van der Waals surface area contributed by atoms with Gasteiger partial charge in [-0.15, -0.1) is 10.2 Å². The third-order valence-electron chi connectivity index (χ3n) is 2.13. The van der Waals surface area contributed by atoms with Gasteiger partial charge in [0, 0.05) is 0 Å². The fraction of sp³-hybridized carbons (Fsp3) is 0. The number of aromatic amines is 1. The molecule has 0 saturated heterocycles. The third kappa shape index (κ3) is 1.56. The molecule has 0 aliphatic heterocycles. The van der Waals surface area contributed by atoms with Crippen molar-refractivity contribution in [3.8, 4) is 0 Å². The Labute approximate surface area is 90.7 Å². The van der Waals surface area contributed by atoms with Crippen molar-refractivity contribution in [2.75, 3.05) is 0 Å². The van der Waals surface area contributed by atoms with Crippen LogP contribution >= 0.6 is 0 Å². The predicted octanol–water partition coefficient (Wildman–Crippen LogP) is 1.04. The predicted molar refractivity (Wildman–Crippen MR) is 59.1 cm³/mol. The molecule has 1 aromatic carbocycles. The van der Waals surface area contributed by atoms with Crippen LogP contribution in [0.15, 0.2) is 42.0 Å². The molecule has 0 saturated carbocycles. The lowest BCUT2D eigenvalue weighted by molar-refractivity contribution is 0.876. The van der Waals surface area contributed by atoms with E-state index in [2.05, 4.69) is 25.3 Å². The van der Waals surface area contributed by atoms with Gasteiger partial charge in [0.15, 0.2) is 5.82 Å². The highest BCUT2D eigenvalue weighted by molar-refractivity contribution is 5.83. The maximum absolute atomic E-state index is 4.35. The summed E-state index contributed by atoms with van der Waals surface area (Å²) in [5.41, 5.74) is 1.92. The molecule has 6 heteroatoms. The van der Waals surface area contributed by atoms with E-state index in [1.807, 2.05) is 24.3 Å². The van der Waals surface area contributed by atoms with Crippen molar-refractivity contribution < 1.29 is 0 Å². The Kier molecular flexibility index (Phi) is 1.96. The molecule has 2 heterocycles. The number of aromatic nitrogens is 5. The Morgan fingerprint density at radius 2 is 2.00 bits per heavy atom. The van der Waals surface area contributed by atoms with Crippen LogP contribution in [0.5, 0.6) is 0 Å². The van der Waals surface area contributed by atoms with Crippen LogP contribution in [0, 0.1) is 0 Å². The second kappa shape index (κ2) is 3.58. The molecule has 0 unspecified atom stereocenters. The standard InChI is InChI=1S/C10H8N6/c1-2-4-9-8(3-1)14-10(15-9)5-13-16-6-11-12-7-16/h1-7H,(H,14,15). The minimum atomic E-state index is 0.704. The van der Waals surface area contributed by atoms with E-state index in [-0.39, 0.29) is 0 Å². The number of H-pyrrole nitrogens is 1. The van der Waals surface area contributed by atoms with Gasteiger partial charge < -0.3 is 4.98 Å². The van der Waals surface area contributed by atoms with E-state index in [0.29, 0.717) is 5.82 Å². The summed E-state index contributed by atoms with van der Waals surface area (Å²) in [4.78, 5) is 7.50. The SMILES string of the molecule is C(=Nn1cnnc1)c1nc2ccccc2[nH]1. The Bertz CT molecular complexity index is 589. The average molecular weight is 212 g/mol. The van der Waals surface area contributed by atoms with Crippen LogP contribution in [0.25, 0.3) is 11.0 Å². The fourth-order valence-electron chi connectivity index (χ4n) is 1.41. The summed E-state index contributed by atoms with van der Waals surface area (Å²) in [6.45, 7) is 0. The first-order valence-electron chi connectivity index (χ1n) is 4.75. The topological polar surface area (TPSA) is 71.8 Å². The summed E-state index contributed by atoms with van der Waals surface area (Å²) in [5, 5.41) is 11.4. The Morgan fingerprint density at radius 1 is 1.19 bits per heavy atom. The molecule has 2 aromatic heterocycles. The van der Waals surface area contributed by atoms with Crippen LogP contribution < -0.4 is 0 Å². The van der Waals surface area contributed by atoms with Crippen molar-refractivity contribution in [1.82, 2.24) is 24.8 Å². The zero-order chi connectivity index (χ0) is 10.8. The number of rotatable bonds is 2. The van der Waals surface area contributed by atoms with Crippen LogP contribution in [0.1, 0.15) is 5.82 Å². The number of imidazole rings is 1. The zero-order valence-electron chi connectivity index (χ0n) is 8.28. The molecule has 16 heavy (non-hydrogen) atoms. The number of fused-ring (bicyclic) bond motifs is 1. The summed E-state index contributed by atoms with van der Waals surface area (Å²) < 4.78 is 1.51. The van der Waals surface area contributed by atoms with E-state index in [9.17, 15) is 0 Å². The molecular formula is C10H8N6. The van der Waals surface area contributed by atoms with Crippen LogP contribution in [-0.2, 0) is 0 Å². The molecule has 0 bridgehead atoms. The van der Waals surface area contributed by atoms with Crippen LogP contribution in [0.2, 0.25) is 0 Å². The van der Waals surface area contributed by atoms with Gasteiger partial charge in [-0.1, -0.05) is 12.1 Å². The zero-order valence-corrected chi connectivity index (χ0v) is 8.28. The molecule has 0 aliphatic rings. The van der Waals surface area contributed by atoms with Crippen molar-refractivity contribution >= 4 is 17.2 Å². The lowest BCUT2D eigenvalue weighted by atomic mass is 10.3. The quantitative estimate of drug-likeness (QED) is 0.645. The van der Waals surface area contributed by atoms with Crippen molar-refractivity contribution in [2.45, 2.75) is 0 Å². The number of benzene rings is 1. The second-order valence-corrected chi connectivity index (χ2v) is 3.23. The lowest BCUT2D eigenvalue weighted by Crippen LogP contribution is -1.88. The normalized spacial score (nSPS) is 11.5. The molecule has 0 spiro atoms. The van der Waals surface area contributed by atoms with Gasteiger partial charge in [-0.2, -0.15) is 5.10 Å². The minimum absolute atomic E-state index is 0.704. The summed E-state index contributed by atoms with van der Waals surface area (Å²) in [7, 11) is 0. The van der Waals surface area contributed by atoms with Crippen molar-refractivity contribution in [2.24, 2.45) is 5.10 Å². The molecule has 78 valence electrons. The van der Waals surface area contributed by atoms with E-state index >= 15 is 0 Å². The van der Waals surface area contributed by atoms with Crippen LogP contribution in [0.4, 0.5) is 0 Å². The number of hydrogen-bond donors (Lipinski definition) is 1. The molecule has 0 atom stereocenters. The number of nitrogens with one attached hydrogen (secondary N) is 1. The first-order chi connectivity index (χ1) is 7.92. The molecule has 0 fully saturated rings. The first-order valence-corrected chi connectivity index (χ1v) is 4.75. The monoisotopic (exact) mass is 212 g/mol. The second-order valence-electron chi connectivity index (χ2n) is 3.23. The molecule has 0 aliphatic carbocycles. The number of nitrogens with zero attached hydrogens (tertiary/aromatic N) is 5. The first kappa shape index (κ1) is 8.78. The van der Waals surface area contributed by atoms with Crippen molar-refractivity contribution in [3.05, 3.63) is 42.7 Å². The lowest BCUT2D eigenvalue weighted by Gasteiger charge is -1.86. The van der Waals surface area contributed by atoms with E-state index in [1.54, 1.807) is 6.21 Å². The summed E-state index contributed by atoms with van der Waals surface area (Å²) in [6.07, 6.45) is 4.65. The van der Waals surface area contributed by atoms with Gasteiger partial charge in [0.2, 0.25) is 0 Å². The summed E-state index contributed by atoms with van der Waals surface area (Å²) in [5.74, 6) is 0.704. The number of para-hydroxylation sites is 2. The van der Waals surface area contributed by atoms with Crippen molar-refractivity contribution in [1.29, 1.82) is 0 Å². The average Bonchev–Trinajstić information content (AvgIpc) is 2.95. The smallest absolute Gasteiger partial charge is 0.151 e. The third-order valence-corrected chi connectivity index (χ3v) is 2.13. The summed E-state index contributed by atoms with van der Waals surface area (Å²) >= 11 is 0. The van der Waals surface area contributed by atoms with Gasteiger partial charge >= 0.3 is 0 Å². The van der Waals surface area contributed by atoms with E-state index < -0.39 is 0 Å². The highest BCUT2D eigenvalue weighted by Crippen LogP contribution is 2.08. The maximum Gasteiger partial charge on any atom is 0.151 e. The van der Waals surface area contributed by atoms with Crippen LogP contribution in [-0.4, -0.2) is 31.1 Å². The fourth-order valence-corrected chi connectivity index (χ4v) is 1.41. The van der Waals surface area contributed by atoms with E-state index in [0.717, 1.165) is 11.0 Å². The molecule has 1 N–H and O–H groups in total. The Morgan fingerprint density at radius 3 is 2.81 bits per heavy atom. The van der Waals surface area contributed by atoms with Crippen LogP contribution in [0.3, 0.4) is 0 Å². The van der Waals surface area contributed by atoms with E-state index in [4.69, 9.17) is 0 Å². The van der Waals surface area contributed by atoms with Gasteiger partial charge in [-0.05, 0) is 12.1 Å². The van der Waals surface area contributed by atoms with Gasteiger partial charge in [-0.3, -0.25) is 0 Å². The molecule has 0 amide bonds. The highest BCUT2D eigenvalue weighted by atomic mass is 15.4. The molecular weight excluding hydrogens is 204 g/mol. The summed E-state index contributed by atoms with van der Waals surface area (Å²) in [6, 6.07) is 7.82. The minimum Gasteiger partial charge on any atom is -0.337 e. The Hall–Kier alpha value is -2.50. The number of hydrogen-bond acceptors (Lipinski definition) is 4. The highest BCUT2D eigenvalue weighted by Gasteiger charge is 1.98. The van der Waals surface area contributed by atoms with E-state index in [1.165, 1.54) is 17.3 Å². The molecule has 6 nitrogen and oxygen atoms in total. The maximum atomic E-state index is 4.35. The van der Waals surface area contributed by atoms with Gasteiger partial charge in [0.05, 0.1) is 17.2 Å². The van der Waals surface area contributed by atoms with Gasteiger partial charge in [-0.25, -0.2) is 9.66 Å². The largest absolute Gasteiger partial charge is 0.337 e. The molecule has 0 radical (unpaired) electrons. The van der Waals surface area contributed by atoms with Gasteiger partial charge in [0.1, 0.15) is 12.7 Å². The van der Waals surface area contributed by atoms with Crippen molar-refractivity contribution in [3.63, 3.8) is 0 Å². The molecule has 3 aromatic rings.